The molecule has 0 saturated heterocycles. The van der Waals surface area contributed by atoms with E-state index in [-0.39, 0.29) is 6.42 Å². The van der Waals surface area contributed by atoms with Gasteiger partial charge in [0.15, 0.2) is 0 Å². The SMILES string of the molecule is Cn1c(CCC(=O)O)nc(C2CCCCC2)c1Br. The molecule has 0 bridgehead atoms. The number of halogens is 1. The summed E-state index contributed by atoms with van der Waals surface area (Å²) < 4.78 is 3.00. The van der Waals surface area contributed by atoms with Crippen LogP contribution < -0.4 is 0 Å². The molecule has 1 aromatic rings. The Bertz CT molecular complexity index is 436. The predicted molar refractivity (Wildman–Crippen MR) is 72.7 cm³/mol. The highest BCUT2D eigenvalue weighted by Gasteiger charge is 2.23. The Hall–Kier alpha value is -0.840. The highest BCUT2D eigenvalue weighted by atomic mass is 79.9. The van der Waals surface area contributed by atoms with Crippen LogP contribution >= 0.6 is 15.9 Å². The van der Waals surface area contributed by atoms with Crippen molar-refractivity contribution in [1.82, 2.24) is 9.55 Å². The number of hydrogen-bond acceptors (Lipinski definition) is 2. The first-order chi connectivity index (χ1) is 8.59. The van der Waals surface area contributed by atoms with Gasteiger partial charge in [-0.2, -0.15) is 0 Å². The first kappa shape index (κ1) is 13.6. The highest BCUT2D eigenvalue weighted by Crippen LogP contribution is 2.36. The van der Waals surface area contributed by atoms with Gasteiger partial charge in [0.25, 0.3) is 0 Å². The summed E-state index contributed by atoms with van der Waals surface area (Å²) in [6.45, 7) is 0. The van der Waals surface area contributed by atoms with Crippen molar-refractivity contribution in [1.29, 1.82) is 0 Å². The molecule has 1 fully saturated rings. The molecular weight excluding hydrogens is 296 g/mol. The molecule has 1 N–H and O–H groups in total. The summed E-state index contributed by atoms with van der Waals surface area (Å²) in [7, 11) is 1.95. The van der Waals surface area contributed by atoms with Gasteiger partial charge >= 0.3 is 5.97 Å². The van der Waals surface area contributed by atoms with Gasteiger partial charge in [0.1, 0.15) is 10.4 Å². The summed E-state index contributed by atoms with van der Waals surface area (Å²) in [5, 5.41) is 8.74. The second kappa shape index (κ2) is 5.87. The van der Waals surface area contributed by atoms with E-state index in [0.29, 0.717) is 12.3 Å². The zero-order chi connectivity index (χ0) is 13.1. The minimum atomic E-state index is -0.770. The normalized spacial score (nSPS) is 17.0. The van der Waals surface area contributed by atoms with Crippen molar-refractivity contribution in [3.8, 4) is 0 Å². The fraction of sp³-hybridized carbons (Fsp3) is 0.692. The molecule has 1 aromatic heterocycles. The van der Waals surface area contributed by atoms with E-state index in [9.17, 15) is 4.79 Å². The Morgan fingerprint density at radius 2 is 2.11 bits per heavy atom. The third kappa shape index (κ3) is 2.94. The van der Waals surface area contributed by atoms with Gasteiger partial charge in [0.05, 0.1) is 12.1 Å². The summed E-state index contributed by atoms with van der Waals surface area (Å²) >= 11 is 3.60. The first-order valence-electron chi connectivity index (χ1n) is 6.52. The van der Waals surface area contributed by atoms with Crippen LogP contribution in [0.15, 0.2) is 4.60 Å². The van der Waals surface area contributed by atoms with Crippen LogP contribution in [-0.2, 0) is 18.3 Å². The molecule has 18 heavy (non-hydrogen) atoms. The largest absolute Gasteiger partial charge is 0.481 e. The predicted octanol–water partition coefficient (Wildman–Crippen LogP) is 3.25. The number of carbonyl (C=O) groups is 1. The molecule has 2 rings (SSSR count). The van der Waals surface area contributed by atoms with E-state index in [0.717, 1.165) is 16.1 Å². The number of hydrogen-bond donors (Lipinski definition) is 1. The van der Waals surface area contributed by atoms with Gasteiger partial charge < -0.3 is 9.67 Å². The number of nitrogens with zero attached hydrogens (tertiary/aromatic N) is 2. The molecule has 0 spiro atoms. The number of carboxylic acids is 1. The van der Waals surface area contributed by atoms with Crippen LogP contribution in [0.2, 0.25) is 0 Å². The van der Waals surface area contributed by atoms with Crippen molar-refractivity contribution in [3.05, 3.63) is 16.1 Å². The molecule has 1 aliphatic carbocycles. The molecular formula is C13H19BrN2O2. The zero-order valence-electron chi connectivity index (χ0n) is 10.7. The van der Waals surface area contributed by atoms with Gasteiger partial charge in [0, 0.05) is 19.4 Å². The minimum Gasteiger partial charge on any atom is -0.481 e. The highest BCUT2D eigenvalue weighted by molar-refractivity contribution is 9.10. The molecule has 0 amide bonds. The average molecular weight is 315 g/mol. The number of aryl methyl sites for hydroxylation is 1. The van der Waals surface area contributed by atoms with Gasteiger partial charge in [0.2, 0.25) is 0 Å². The molecule has 4 nitrogen and oxygen atoms in total. The lowest BCUT2D eigenvalue weighted by molar-refractivity contribution is -0.137. The molecule has 5 heteroatoms. The quantitative estimate of drug-likeness (QED) is 0.928. The molecule has 1 saturated carbocycles. The Labute approximate surface area is 116 Å². The molecule has 0 aromatic carbocycles. The number of imidazole rings is 1. The number of aromatic nitrogens is 2. The first-order valence-corrected chi connectivity index (χ1v) is 7.31. The van der Waals surface area contributed by atoms with Crippen molar-refractivity contribution in [2.75, 3.05) is 0 Å². The number of aliphatic carboxylic acids is 1. The molecule has 0 atom stereocenters. The van der Waals surface area contributed by atoms with Crippen LogP contribution in [0.4, 0.5) is 0 Å². The summed E-state index contributed by atoms with van der Waals surface area (Å²) in [5.74, 6) is 0.635. The van der Waals surface area contributed by atoms with Crippen molar-refractivity contribution >= 4 is 21.9 Å². The lowest BCUT2D eigenvalue weighted by Crippen LogP contribution is -2.05. The third-order valence-electron chi connectivity index (χ3n) is 3.70. The van der Waals surface area contributed by atoms with Crippen LogP contribution in [0.3, 0.4) is 0 Å². The smallest absolute Gasteiger partial charge is 0.303 e. The van der Waals surface area contributed by atoms with Gasteiger partial charge in [-0.25, -0.2) is 4.98 Å². The standard InChI is InChI=1S/C13H19BrN2O2/c1-16-10(7-8-11(17)18)15-12(13(16)14)9-5-3-2-4-6-9/h9H,2-8H2,1H3,(H,17,18). The van der Waals surface area contributed by atoms with Crippen LogP contribution in [0.1, 0.15) is 56.0 Å². The maximum absolute atomic E-state index is 10.6. The van der Waals surface area contributed by atoms with E-state index in [1.54, 1.807) is 0 Å². The van der Waals surface area contributed by atoms with Crippen LogP contribution in [0.5, 0.6) is 0 Å². The minimum absolute atomic E-state index is 0.140. The zero-order valence-corrected chi connectivity index (χ0v) is 12.2. The van der Waals surface area contributed by atoms with Gasteiger partial charge in [-0.15, -0.1) is 0 Å². The molecule has 0 unspecified atom stereocenters. The fourth-order valence-corrected chi connectivity index (χ4v) is 3.24. The average Bonchev–Trinajstić information content (AvgIpc) is 2.65. The van der Waals surface area contributed by atoms with Crippen LogP contribution in [0, 0.1) is 0 Å². The lowest BCUT2D eigenvalue weighted by atomic mass is 9.87. The second-order valence-corrected chi connectivity index (χ2v) is 5.74. The van der Waals surface area contributed by atoms with E-state index < -0.39 is 5.97 Å². The van der Waals surface area contributed by atoms with Crippen LogP contribution in [0.25, 0.3) is 0 Å². The van der Waals surface area contributed by atoms with Crippen molar-refractivity contribution in [3.63, 3.8) is 0 Å². The van der Waals surface area contributed by atoms with Crippen LogP contribution in [-0.4, -0.2) is 20.6 Å². The van der Waals surface area contributed by atoms with E-state index in [2.05, 4.69) is 20.9 Å². The van der Waals surface area contributed by atoms with E-state index in [1.165, 1.54) is 32.1 Å². The topological polar surface area (TPSA) is 55.1 Å². The Morgan fingerprint density at radius 3 is 2.72 bits per heavy atom. The summed E-state index contributed by atoms with van der Waals surface area (Å²) in [5.41, 5.74) is 1.12. The summed E-state index contributed by atoms with van der Waals surface area (Å²) in [6, 6.07) is 0. The Kier molecular flexibility index (Phi) is 4.43. The number of rotatable bonds is 4. The van der Waals surface area contributed by atoms with E-state index in [1.807, 2.05) is 11.6 Å². The van der Waals surface area contributed by atoms with Gasteiger partial charge in [-0.3, -0.25) is 4.79 Å². The molecule has 0 aliphatic heterocycles. The Morgan fingerprint density at radius 1 is 1.44 bits per heavy atom. The third-order valence-corrected chi connectivity index (χ3v) is 4.64. The second-order valence-electron chi connectivity index (χ2n) is 4.99. The van der Waals surface area contributed by atoms with Crippen molar-refractivity contribution in [2.24, 2.45) is 7.05 Å². The van der Waals surface area contributed by atoms with E-state index >= 15 is 0 Å². The maximum atomic E-state index is 10.6. The Balaban J connectivity index is 2.15. The monoisotopic (exact) mass is 314 g/mol. The molecule has 1 heterocycles. The van der Waals surface area contributed by atoms with Crippen molar-refractivity contribution < 1.29 is 9.90 Å². The lowest BCUT2D eigenvalue weighted by Gasteiger charge is -2.20. The maximum Gasteiger partial charge on any atom is 0.303 e. The fourth-order valence-electron chi connectivity index (χ4n) is 2.62. The van der Waals surface area contributed by atoms with Gasteiger partial charge in [-0.1, -0.05) is 19.3 Å². The molecule has 100 valence electrons. The molecule has 0 radical (unpaired) electrons. The van der Waals surface area contributed by atoms with Gasteiger partial charge in [-0.05, 0) is 28.8 Å². The number of carboxylic acid groups (broad SMARTS) is 1. The van der Waals surface area contributed by atoms with Crippen molar-refractivity contribution in [2.45, 2.75) is 50.9 Å². The van der Waals surface area contributed by atoms with E-state index in [4.69, 9.17) is 5.11 Å². The summed E-state index contributed by atoms with van der Waals surface area (Å²) in [6.07, 6.45) is 6.92. The molecule has 1 aliphatic rings. The summed E-state index contributed by atoms with van der Waals surface area (Å²) in [4.78, 5) is 15.3.